The van der Waals surface area contributed by atoms with E-state index in [0.29, 0.717) is 18.7 Å². The first kappa shape index (κ1) is 14.5. The third kappa shape index (κ3) is 2.28. The van der Waals surface area contributed by atoms with Crippen molar-refractivity contribution in [3.05, 3.63) is 0 Å². The zero-order valence-corrected chi connectivity index (χ0v) is 11.9. The van der Waals surface area contributed by atoms with Crippen LogP contribution in [-0.4, -0.2) is 58.6 Å². The molecule has 2 aliphatic rings. The highest BCUT2D eigenvalue weighted by molar-refractivity contribution is 6.39. The van der Waals surface area contributed by atoms with Crippen LogP contribution in [-0.2, 0) is 14.4 Å². The molecule has 1 N–H and O–H groups in total. The zero-order chi connectivity index (χ0) is 15.1. The highest BCUT2D eigenvalue weighted by atomic mass is 16.4. The van der Waals surface area contributed by atoms with E-state index in [4.69, 9.17) is 0 Å². The first-order valence-corrected chi connectivity index (χ1v) is 6.62. The number of carboxylic acids is 1. The van der Waals surface area contributed by atoms with Crippen LogP contribution in [0.1, 0.15) is 26.7 Å². The Labute approximate surface area is 117 Å². The largest absolute Gasteiger partial charge is 0.481 e. The Morgan fingerprint density at radius 1 is 1.40 bits per heavy atom. The predicted octanol–water partition coefficient (Wildman–Crippen LogP) is 0.164. The van der Waals surface area contributed by atoms with E-state index >= 15 is 0 Å². The highest BCUT2D eigenvalue weighted by Gasteiger charge is 2.48. The first-order valence-electron chi connectivity index (χ1n) is 6.62. The zero-order valence-electron chi connectivity index (χ0n) is 11.9. The van der Waals surface area contributed by atoms with Gasteiger partial charge in [-0.2, -0.15) is 5.10 Å². The highest BCUT2D eigenvalue weighted by Crippen LogP contribution is 2.36. The lowest BCUT2D eigenvalue weighted by Crippen LogP contribution is -2.41. The van der Waals surface area contributed by atoms with Gasteiger partial charge < -0.3 is 10.0 Å². The first-order chi connectivity index (χ1) is 9.25. The Morgan fingerprint density at radius 3 is 2.55 bits per heavy atom. The van der Waals surface area contributed by atoms with Crippen LogP contribution in [0.15, 0.2) is 5.10 Å². The molecule has 2 amide bonds. The minimum atomic E-state index is -0.924. The van der Waals surface area contributed by atoms with Gasteiger partial charge >= 0.3 is 5.97 Å². The van der Waals surface area contributed by atoms with E-state index in [-0.39, 0.29) is 30.7 Å². The smallest absolute Gasteiger partial charge is 0.311 e. The van der Waals surface area contributed by atoms with E-state index in [9.17, 15) is 19.5 Å². The molecular formula is C13H19N3O4. The minimum Gasteiger partial charge on any atom is -0.481 e. The van der Waals surface area contributed by atoms with Crippen molar-refractivity contribution in [2.75, 3.05) is 20.1 Å². The van der Waals surface area contributed by atoms with Crippen LogP contribution in [0.2, 0.25) is 0 Å². The second-order valence-electron chi connectivity index (χ2n) is 5.77. The summed E-state index contributed by atoms with van der Waals surface area (Å²) in [7, 11) is 1.52. The number of nitrogens with zero attached hydrogens (tertiary/aromatic N) is 3. The summed E-state index contributed by atoms with van der Waals surface area (Å²) < 4.78 is 0. The number of rotatable bonds is 2. The molecule has 7 nitrogen and oxygen atoms in total. The molecule has 2 rings (SSSR count). The summed E-state index contributed by atoms with van der Waals surface area (Å²) in [5, 5.41) is 14.5. The molecule has 0 aromatic heterocycles. The molecule has 110 valence electrons. The molecule has 20 heavy (non-hydrogen) atoms. The Bertz CT molecular complexity index is 502. The Kier molecular flexibility index (Phi) is 3.54. The van der Waals surface area contributed by atoms with Crippen molar-refractivity contribution in [1.29, 1.82) is 0 Å². The standard InChI is InChI=1S/C13H19N3O4/c1-8-6-16(7-13(8,2)12(19)20)11(18)9-4-5-10(17)15(3)14-9/h8H,4-7H2,1-3H3,(H,19,20)/t8-,13-/m1/s1. The number of carboxylic acid groups (broad SMARTS) is 1. The SMILES string of the molecule is C[C@@H]1CN(C(=O)C2=NN(C)C(=O)CC2)C[C@@]1(C)C(=O)O. The van der Waals surface area contributed by atoms with Crippen molar-refractivity contribution < 1.29 is 19.5 Å². The molecule has 0 radical (unpaired) electrons. The summed E-state index contributed by atoms with van der Waals surface area (Å²) >= 11 is 0. The number of hydrogen-bond donors (Lipinski definition) is 1. The molecule has 0 unspecified atom stereocenters. The lowest BCUT2D eigenvalue weighted by molar-refractivity contribution is -0.149. The van der Waals surface area contributed by atoms with E-state index < -0.39 is 11.4 Å². The summed E-state index contributed by atoms with van der Waals surface area (Å²) in [6, 6.07) is 0. The normalized spacial score (nSPS) is 30.4. The maximum Gasteiger partial charge on any atom is 0.311 e. The molecule has 2 heterocycles. The van der Waals surface area contributed by atoms with Crippen molar-refractivity contribution in [1.82, 2.24) is 9.91 Å². The van der Waals surface area contributed by atoms with Crippen molar-refractivity contribution in [2.24, 2.45) is 16.4 Å². The van der Waals surface area contributed by atoms with Crippen LogP contribution >= 0.6 is 0 Å². The van der Waals surface area contributed by atoms with E-state index in [2.05, 4.69) is 5.10 Å². The maximum absolute atomic E-state index is 12.4. The Hall–Kier alpha value is -1.92. The summed E-state index contributed by atoms with van der Waals surface area (Å²) in [5.74, 6) is -1.39. The van der Waals surface area contributed by atoms with Gasteiger partial charge in [-0.25, -0.2) is 5.01 Å². The molecule has 0 spiro atoms. The fourth-order valence-corrected chi connectivity index (χ4v) is 2.59. The quantitative estimate of drug-likeness (QED) is 0.781. The topological polar surface area (TPSA) is 90.3 Å². The van der Waals surface area contributed by atoms with Gasteiger partial charge in [-0.3, -0.25) is 14.4 Å². The van der Waals surface area contributed by atoms with E-state index in [1.807, 2.05) is 6.92 Å². The monoisotopic (exact) mass is 281 g/mol. The van der Waals surface area contributed by atoms with Gasteiger partial charge in [0.25, 0.3) is 5.91 Å². The number of carbonyl (C=O) groups is 3. The molecule has 1 fully saturated rings. The number of hydrogen-bond acceptors (Lipinski definition) is 4. The summed E-state index contributed by atoms with van der Waals surface area (Å²) in [6.45, 7) is 4.07. The average Bonchev–Trinajstić information content (AvgIpc) is 2.69. The van der Waals surface area contributed by atoms with Crippen molar-refractivity contribution in [3.63, 3.8) is 0 Å². The molecule has 0 aromatic rings. The second-order valence-corrected chi connectivity index (χ2v) is 5.77. The summed E-state index contributed by atoms with van der Waals surface area (Å²) in [5.41, 5.74) is -0.596. The number of carbonyl (C=O) groups excluding carboxylic acids is 2. The Balaban J connectivity index is 2.14. The van der Waals surface area contributed by atoms with Crippen LogP contribution in [0.4, 0.5) is 0 Å². The molecular weight excluding hydrogens is 262 g/mol. The number of likely N-dealkylation sites (tertiary alicyclic amines) is 1. The molecule has 0 aliphatic carbocycles. The van der Waals surface area contributed by atoms with E-state index in [1.165, 1.54) is 17.0 Å². The van der Waals surface area contributed by atoms with E-state index in [1.54, 1.807) is 6.92 Å². The number of amides is 2. The van der Waals surface area contributed by atoms with Crippen LogP contribution in [0, 0.1) is 11.3 Å². The third-order valence-electron chi connectivity index (χ3n) is 4.33. The van der Waals surface area contributed by atoms with Crippen molar-refractivity contribution in [2.45, 2.75) is 26.7 Å². The fourth-order valence-electron chi connectivity index (χ4n) is 2.59. The Morgan fingerprint density at radius 2 is 2.05 bits per heavy atom. The molecule has 0 aromatic carbocycles. The number of aliphatic carboxylic acids is 1. The number of hydrazone groups is 1. The van der Waals surface area contributed by atoms with E-state index in [0.717, 1.165) is 0 Å². The minimum absolute atomic E-state index is 0.118. The van der Waals surface area contributed by atoms with Crippen molar-refractivity contribution >= 4 is 23.5 Å². The van der Waals surface area contributed by atoms with Gasteiger partial charge in [-0.15, -0.1) is 0 Å². The molecule has 7 heteroatoms. The van der Waals surface area contributed by atoms with Gasteiger partial charge in [0.1, 0.15) is 5.71 Å². The van der Waals surface area contributed by atoms with Gasteiger partial charge in [0.05, 0.1) is 5.41 Å². The van der Waals surface area contributed by atoms with Crippen molar-refractivity contribution in [3.8, 4) is 0 Å². The molecule has 0 bridgehead atoms. The average molecular weight is 281 g/mol. The van der Waals surface area contributed by atoms with Gasteiger partial charge in [-0.05, 0) is 12.8 Å². The van der Waals surface area contributed by atoms with Gasteiger partial charge in [-0.1, -0.05) is 6.92 Å². The van der Waals surface area contributed by atoms with Gasteiger partial charge in [0, 0.05) is 33.0 Å². The fraction of sp³-hybridized carbons (Fsp3) is 0.692. The predicted molar refractivity (Wildman–Crippen MR) is 70.9 cm³/mol. The summed E-state index contributed by atoms with van der Waals surface area (Å²) in [4.78, 5) is 36.6. The van der Waals surface area contributed by atoms with Crippen LogP contribution in [0.5, 0.6) is 0 Å². The second kappa shape index (κ2) is 4.88. The van der Waals surface area contributed by atoms with Crippen LogP contribution in [0.3, 0.4) is 0 Å². The summed E-state index contributed by atoms with van der Waals surface area (Å²) in [6.07, 6.45) is 0.581. The van der Waals surface area contributed by atoms with Crippen LogP contribution < -0.4 is 0 Å². The lowest BCUT2D eigenvalue weighted by Gasteiger charge is -2.24. The molecule has 2 aliphatic heterocycles. The molecule has 1 saturated heterocycles. The molecule has 2 atom stereocenters. The lowest BCUT2D eigenvalue weighted by atomic mass is 9.81. The van der Waals surface area contributed by atoms with Crippen LogP contribution in [0.25, 0.3) is 0 Å². The molecule has 0 saturated carbocycles. The van der Waals surface area contributed by atoms with Gasteiger partial charge in [0.2, 0.25) is 5.91 Å². The van der Waals surface area contributed by atoms with Gasteiger partial charge in [0.15, 0.2) is 0 Å². The maximum atomic E-state index is 12.4. The third-order valence-corrected chi connectivity index (χ3v) is 4.33.